The maximum Gasteiger partial charge on any atom is 0.164 e. The second kappa shape index (κ2) is 3.17. The van der Waals surface area contributed by atoms with E-state index in [1.165, 1.54) is 22.7 Å². The van der Waals surface area contributed by atoms with Crippen LogP contribution in [0.15, 0.2) is 23.2 Å². The van der Waals surface area contributed by atoms with Crippen molar-refractivity contribution >= 4 is 22.7 Å². The van der Waals surface area contributed by atoms with Crippen molar-refractivity contribution in [2.24, 2.45) is 0 Å². The van der Waals surface area contributed by atoms with Crippen LogP contribution in [-0.2, 0) is 5.60 Å². The summed E-state index contributed by atoms with van der Waals surface area (Å²) in [4.78, 5) is 8.16. The Morgan fingerprint density at radius 2 is 1.62 bits per heavy atom. The summed E-state index contributed by atoms with van der Waals surface area (Å²) in [6.45, 7) is 1.71. The number of hydrogen-bond acceptors (Lipinski definition) is 5. The molecule has 0 radical (unpaired) electrons. The Hall–Kier alpha value is -0.780. The normalized spacial score (nSPS) is 11.8. The number of hydrogen-bond donors (Lipinski definition) is 1. The first-order valence-electron chi connectivity index (χ1n) is 3.73. The summed E-state index contributed by atoms with van der Waals surface area (Å²) in [5, 5.41) is 15.2. The minimum atomic E-state index is -1.04. The van der Waals surface area contributed by atoms with E-state index in [4.69, 9.17) is 0 Å². The Morgan fingerprint density at radius 3 is 1.92 bits per heavy atom. The summed E-state index contributed by atoms with van der Waals surface area (Å²) < 4.78 is 0. The van der Waals surface area contributed by atoms with Crippen LogP contribution in [0.25, 0.3) is 0 Å². The lowest BCUT2D eigenvalue weighted by molar-refractivity contribution is 0.101. The van der Waals surface area contributed by atoms with Gasteiger partial charge in [-0.1, -0.05) is 0 Å². The van der Waals surface area contributed by atoms with Crippen molar-refractivity contribution in [3.05, 3.63) is 33.2 Å². The van der Waals surface area contributed by atoms with Gasteiger partial charge < -0.3 is 5.11 Å². The van der Waals surface area contributed by atoms with Crippen molar-refractivity contribution in [2.45, 2.75) is 12.5 Å². The van der Waals surface area contributed by atoms with Crippen LogP contribution in [0.1, 0.15) is 16.9 Å². The van der Waals surface area contributed by atoms with Gasteiger partial charge in [0, 0.05) is 23.2 Å². The van der Waals surface area contributed by atoms with Crippen LogP contribution < -0.4 is 0 Å². The van der Waals surface area contributed by atoms with E-state index in [1.54, 1.807) is 19.3 Å². The summed E-state index contributed by atoms with van der Waals surface area (Å²) in [6.07, 6.45) is 3.37. The van der Waals surface area contributed by atoms with E-state index in [0.717, 1.165) is 0 Å². The Morgan fingerprint density at radius 1 is 1.15 bits per heavy atom. The Balaban J connectivity index is 2.42. The van der Waals surface area contributed by atoms with Gasteiger partial charge in [-0.05, 0) is 6.92 Å². The second-order valence-corrected chi connectivity index (χ2v) is 4.54. The summed E-state index contributed by atoms with van der Waals surface area (Å²) >= 11 is 2.87. The molecule has 3 nitrogen and oxygen atoms in total. The maximum absolute atomic E-state index is 10.1. The highest BCUT2D eigenvalue weighted by molar-refractivity contribution is 7.11. The fraction of sp³-hybridized carbons (Fsp3) is 0.250. The van der Waals surface area contributed by atoms with Crippen molar-refractivity contribution < 1.29 is 5.11 Å². The van der Waals surface area contributed by atoms with Crippen LogP contribution in [0.3, 0.4) is 0 Å². The molecule has 2 rings (SSSR count). The molecule has 0 bridgehead atoms. The predicted molar refractivity (Wildman–Crippen MR) is 52.9 cm³/mol. The third-order valence-electron chi connectivity index (χ3n) is 1.70. The van der Waals surface area contributed by atoms with Gasteiger partial charge in [0.2, 0.25) is 0 Å². The van der Waals surface area contributed by atoms with Crippen LogP contribution >= 0.6 is 22.7 Å². The van der Waals surface area contributed by atoms with Crippen LogP contribution in [0.4, 0.5) is 0 Å². The molecule has 0 fully saturated rings. The fourth-order valence-electron chi connectivity index (χ4n) is 1.02. The molecule has 0 atom stereocenters. The molecular weight excluding hydrogens is 204 g/mol. The molecule has 0 saturated carbocycles. The Kier molecular flexibility index (Phi) is 2.15. The van der Waals surface area contributed by atoms with Crippen molar-refractivity contribution in [3.8, 4) is 0 Å². The highest BCUT2D eigenvalue weighted by Crippen LogP contribution is 2.31. The van der Waals surface area contributed by atoms with Gasteiger partial charge in [0.1, 0.15) is 10.0 Å². The smallest absolute Gasteiger partial charge is 0.164 e. The zero-order chi connectivity index (χ0) is 9.31. The van der Waals surface area contributed by atoms with Gasteiger partial charge in [0.15, 0.2) is 5.60 Å². The van der Waals surface area contributed by atoms with Crippen molar-refractivity contribution in [2.75, 3.05) is 0 Å². The van der Waals surface area contributed by atoms with Crippen LogP contribution in [0.5, 0.6) is 0 Å². The highest BCUT2D eigenvalue weighted by Gasteiger charge is 2.30. The van der Waals surface area contributed by atoms with Crippen LogP contribution in [0, 0.1) is 0 Å². The first kappa shape index (κ1) is 8.80. The van der Waals surface area contributed by atoms with Gasteiger partial charge in [-0.15, -0.1) is 22.7 Å². The van der Waals surface area contributed by atoms with Crippen molar-refractivity contribution in [1.82, 2.24) is 9.97 Å². The lowest BCUT2D eigenvalue weighted by Crippen LogP contribution is -2.21. The minimum absolute atomic E-state index is 0.683. The molecule has 0 aliphatic heterocycles. The van der Waals surface area contributed by atoms with E-state index >= 15 is 0 Å². The number of aliphatic hydroxyl groups is 1. The molecule has 2 aromatic rings. The maximum atomic E-state index is 10.1. The predicted octanol–water partition coefficient (Wildman–Crippen LogP) is 1.86. The topological polar surface area (TPSA) is 46.0 Å². The summed E-state index contributed by atoms with van der Waals surface area (Å²) in [5.41, 5.74) is -1.04. The van der Waals surface area contributed by atoms with E-state index in [2.05, 4.69) is 9.97 Å². The van der Waals surface area contributed by atoms with Gasteiger partial charge >= 0.3 is 0 Å². The molecule has 13 heavy (non-hydrogen) atoms. The molecule has 0 aliphatic rings. The molecular formula is C8H8N2OS2. The lowest BCUT2D eigenvalue weighted by Gasteiger charge is -2.16. The standard InChI is InChI=1S/C8H8N2OS2/c1-8(11,6-9-2-4-12-6)7-10-3-5-13-7/h2-5,11H,1H3. The second-order valence-electron chi connectivity index (χ2n) is 2.75. The van der Waals surface area contributed by atoms with Crippen LogP contribution in [0.2, 0.25) is 0 Å². The van der Waals surface area contributed by atoms with Crippen LogP contribution in [-0.4, -0.2) is 15.1 Å². The number of aromatic nitrogens is 2. The highest BCUT2D eigenvalue weighted by atomic mass is 32.1. The summed E-state index contributed by atoms with van der Waals surface area (Å²) in [6, 6.07) is 0. The number of rotatable bonds is 2. The van der Waals surface area contributed by atoms with Crippen molar-refractivity contribution in [3.63, 3.8) is 0 Å². The van der Waals surface area contributed by atoms with E-state index in [0.29, 0.717) is 10.0 Å². The Bertz CT molecular complexity index is 331. The first-order chi connectivity index (χ1) is 6.21. The zero-order valence-corrected chi connectivity index (χ0v) is 8.60. The van der Waals surface area contributed by atoms with Gasteiger partial charge in [-0.25, -0.2) is 9.97 Å². The SMILES string of the molecule is CC(O)(c1nccs1)c1nccs1. The molecule has 68 valence electrons. The molecule has 2 heterocycles. The molecule has 0 unspecified atom stereocenters. The molecule has 0 saturated heterocycles. The number of nitrogens with zero attached hydrogens (tertiary/aromatic N) is 2. The molecule has 0 spiro atoms. The molecule has 2 aromatic heterocycles. The monoisotopic (exact) mass is 212 g/mol. The Labute approximate surface area is 83.7 Å². The average Bonchev–Trinajstić information content (AvgIpc) is 2.78. The van der Waals surface area contributed by atoms with E-state index in [-0.39, 0.29) is 0 Å². The molecule has 0 aliphatic carbocycles. The quantitative estimate of drug-likeness (QED) is 0.826. The third-order valence-corrected chi connectivity index (χ3v) is 3.67. The van der Waals surface area contributed by atoms with E-state index in [1.807, 2.05) is 10.8 Å². The molecule has 5 heteroatoms. The zero-order valence-electron chi connectivity index (χ0n) is 6.97. The fourth-order valence-corrected chi connectivity index (χ4v) is 2.48. The van der Waals surface area contributed by atoms with Gasteiger partial charge in [-0.2, -0.15) is 0 Å². The first-order valence-corrected chi connectivity index (χ1v) is 5.49. The number of thiazole rings is 2. The molecule has 0 aromatic carbocycles. The van der Waals surface area contributed by atoms with Gasteiger partial charge in [-0.3, -0.25) is 0 Å². The van der Waals surface area contributed by atoms with Crippen molar-refractivity contribution in [1.29, 1.82) is 0 Å². The lowest BCUT2D eigenvalue weighted by atomic mass is 10.1. The third kappa shape index (κ3) is 1.50. The summed E-state index contributed by atoms with van der Waals surface area (Å²) in [7, 11) is 0. The van der Waals surface area contributed by atoms with Gasteiger partial charge in [0.05, 0.1) is 0 Å². The summed E-state index contributed by atoms with van der Waals surface area (Å²) in [5.74, 6) is 0. The minimum Gasteiger partial charge on any atom is -0.376 e. The molecule has 0 amide bonds. The van der Waals surface area contributed by atoms with E-state index in [9.17, 15) is 5.11 Å². The average molecular weight is 212 g/mol. The molecule has 1 N–H and O–H groups in total. The van der Waals surface area contributed by atoms with E-state index < -0.39 is 5.60 Å². The largest absolute Gasteiger partial charge is 0.376 e. The van der Waals surface area contributed by atoms with Gasteiger partial charge in [0.25, 0.3) is 0 Å².